The number of nitrogens with two attached hydrogens (primary N) is 1. The predicted octanol–water partition coefficient (Wildman–Crippen LogP) is 2.98. The molecule has 0 saturated carbocycles. The molecule has 1 atom stereocenters. The molecule has 1 unspecified atom stereocenters. The predicted molar refractivity (Wildman–Crippen MR) is 75.2 cm³/mol. The molecular formula is C12H14ClFN2OS. The molecule has 0 aromatic heterocycles. The summed E-state index contributed by atoms with van der Waals surface area (Å²) in [6, 6.07) is 3.95. The highest BCUT2D eigenvalue weighted by atomic mass is 35.5. The molecule has 1 rings (SSSR count). The summed E-state index contributed by atoms with van der Waals surface area (Å²) in [5, 5.41) is 2.56. The van der Waals surface area contributed by atoms with E-state index in [4.69, 9.17) is 29.6 Å². The van der Waals surface area contributed by atoms with Gasteiger partial charge in [-0.3, -0.25) is 4.79 Å². The fourth-order valence-electron chi connectivity index (χ4n) is 1.55. The molecule has 0 saturated heterocycles. The van der Waals surface area contributed by atoms with Gasteiger partial charge in [0.1, 0.15) is 5.82 Å². The number of carbonyl (C=O) groups is 1. The summed E-state index contributed by atoms with van der Waals surface area (Å²) in [5.74, 6) is -1.44. The number of benzene rings is 1. The molecule has 0 aliphatic heterocycles. The van der Waals surface area contributed by atoms with Crippen LogP contribution in [0.3, 0.4) is 0 Å². The third-order valence-corrected chi connectivity index (χ3v) is 2.99. The Labute approximate surface area is 115 Å². The number of anilines is 1. The fourth-order valence-corrected chi connectivity index (χ4v) is 2.11. The van der Waals surface area contributed by atoms with E-state index in [9.17, 15) is 9.18 Å². The van der Waals surface area contributed by atoms with E-state index in [1.54, 1.807) is 0 Å². The summed E-state index contributed by atoms with van der Waals surface area (Å²) in [6.45, 7) is 3.70. The van der Waals surface area contributed by atoms with Crippen molar-refractivity contribution in [1.82, 2.24) is 0 Å². The number of nitrogens with one attached hydrogen (secondary N) is 1. The molecule has 0 aliphatic rings. The maximum Gasteiger partial charge on any atom is 0.234 e. The molecule has 6 heteroatoms. The highest BCUT2D eigenvalue weighted by molar-refractivity contribution is 7.80. The van der Waals surface area contributed by atoms with Gasteiger partial charge in [-0.2, -0.15) is 0 Å². The van der Waals surface area contributed by atoms with Gasteiger partial charge in [-0.05, 0) is 24.1 Å². The van der Waals surface area contributed by atoms with Crippen LogP contribution in [0.5, 0.6) is 0 Å². The highest BCUT2D eigenvalue weighted by Crippen LogP contribution is 2.21. The Morgan fingerprint density at radius 1 is 1.50 bits per heavy atom. The van der Waals surface area contributed by atoms with E-state index in [1.807, 2.05) is 13.8 Å². The van der Waals surface area contributed by atoms with Crippen LogP contribution in [-0.4, -0.2) is 10.9 Å². The fraction of sp³-hybridized carbons (Fsp3) is 0.333. The number of carbonyl (C=O) groups excluding carboxylic acids is 1. The smallest absolute Gasteiger partial charge is 0.234 e. The van der Waals surface area contributed by atoms with Gasteiger partial charge in [-0.25, -0.2) is 4.39 Å². The molecule has 0 fully saturated rings. The Morgan fingerprint density at radius 2 is 2.11 bits per heavy atom. The van der Waals surface area contributed by atoms with Crippen LogP contribution in [0, 0.1) is 17.7 Å². The average Bonchev–Trinajstić information content (AvgIpc) is 2.22. The van der Waals surface area contributed by atoms with Crippen molar-refractivity contribution < 1.29 is 9.18 Å². The normalized spacial score (nSPS) is 12.3. The lowest BCUT2D eigenvalue weighted by atomic mass is 9.95. The number of hydrogen-bond donors (Lipinski definition) is 2. The van der Waals surface area contributed by atoms with Gasteiger partial charge in [0.2, 0.25) is 5.91 Å². The summed E-state index contributed by atoms with van der Waals surface area (Å²) in [5.41, 5.74) is 5.94. The number of hydrogen-bond acceptors (Lipinski definition) is 2. The Hall–Kier alpha value is -1.20. The van der Waals surface area contributed by atoms with Crippen LogP contribution >= 0.6 is 23.8 Å². The first-order valence-electron chi connectivity index (χ1n) is 5.38. The molecular weight excluding hydrogens is 275 g/mol. The minimum atomic E-state index is -0.566. The van der Waals surface area contributed by atoms with Gasteiger partial charge >= 0.3 is 0 Å². The third-order valence-electron chi connectivity index (χ3n) is 2.44. The first kappa shape index (κ1) is 14.9. The Bertz CT molecular complexity index is 479. The molecule has 0 aliphatic carbocycles. The van der Waals surface area contributed by atoms with Crippen LogP contribution in [0.4, 0.5) is 10.1 Å². The highest BCUT2D eigenvalue weighted by Gasteiger charge is 2.25. The molecule has 18 heavy (non-hydrogen) atoms. The van der Waals surface area contributed by atoms with E-state index in [0.717, 1.165) is 0 Å². The zero-order valence-electron chi connectivity index (χ0n) is 10.0. The molecule has 0 bridgehead atoms. The van der Waals surface area contributed by atoms with Gasteiger partial charge in [-0.1, -0.05) is 37.7 Å². The minimum Gasteiger partial charge on any atom is -0.393 e. The van der Waals surface area contributed by atoms with Gasteiger partial charge in [-0.15, -0.1) is 0 Å². The molecule has 0 spiro atoms. The monoisotopic (exact) mass is 288 g/mol. The van der Waals surface area contributed by atoms with E-state index in [0.29, 0.717) is 5.69 Å². The van der Waals surface area contributed by atoms with Crippen LogP contribution in [-0.2, 0) is 4.79 Å². The Kier molecular flexibility index (Phi) is 5.04. The summed E-state index contributed by atoms with van der Waals surface area (Å²) in [6.07, 6.45) is 0. The van der Waals surface area contributed by atoms with Crippen molar-refractivity contribution in [1.29, 1.82) is 0 Å². The van der Waals surface area contributed by atoms with E-state index in [2.05, 4.69) is 5.32 Å². The topological polar surface area (TPSA) is 55.1 Å². The van der Waals surface area contributed by atoms with Gasteiger partial charge in [0.25, 0.3) is 0 Å². The van der Waals surface area contributed by atoms with Gasteiger partial charge < -0.3 is 11.1 Å². The zero-order chi connectivity index (χ0) is 13.9. The van der Waals surface area contributed by atoms with Crippen molar-refractivity contribution >= 4 is 40.4 Å². The van der Waals surface area contributed by atoms with E-state index in [1.165, 1.54) is 18.2 Å². The van der Waals surface area contributed by atoms with Crippen LogP contribution in [0.15, 0.2) is 18.2 Å². The van der Waals surface area contributed by atoms with Crippen molar-refractivity contribution in [2.75, 3.05) is 5.32 Å². The van der Waals surface area contributed by atoms with Gasteiger partial charge in [0.15, 0.2) is 0 Å². The van der Waals surface area contributed by atoms with Gasteiger partial charge in [0.05, 0.1) is 15.9 Å². The lowest BCUT2D eigenvalue weighted by molar-refractivity contribution is -0.118. The Balaban J connectivity index is 2.86. The van der Waals surface area contributed by atoms with E-state index in [-0.39, 0.29) is 21.8 Å². The summed E-state index contributed by atoms with van der Waals surface area (Å²) in [7, 11) is 0. The number of amides is 1. The maximum absolute atomic E-state index is 13.0. The first-order valence-corrected chi connectivity index (χ1v) is 6.16. The minimum absolute atomic E-state index is 0.0154. The Morgan fingerprint density at radius 3 is 2.56 bits per heavy atom. The molecule has 0 heterocycles. The summed E-state index contributed by atoms with van der Waals surface area (Å²) in [4.78, 5) is 12.1. The molecule has 3 N–H and O–H groups in total. The number of thiocarbonyl (C=S) groups is 1. The van der Waals surface area contributed by atoms with Crippen LogP contribution < -0.4 is 11.1 Å². The molecule has 1 amide bonds. The van der Waals surface area contributed by atoms with E-state index >= 15 is 0 Å². The van der Waals surface area contributed by atoms with Crippen LogP contribution in [0.25, 0.3) is 0 Å². The van der Waals surface area contributed by atoms with E-state index < -0.39 is 11.7 Å². The lowest BCUT2D eigenvalue weighted by Gasteiger charge is -2.18. The number of rotatable bonds is 4. The molecule has 98 valence electrons. The first-order chi connectivity index (χ1) is 8.32. The second kappa shape index (κ2) is 6.11. The van der Waals surface area contributed by atoms with Crippen LogP contribution in [0.2, 0.25) is 5.02 Å². The van der Waals surface area contributed by atoms with Crippen molar-refractivity contribution in [2.45, 2.75) is 13.8 Å². The molecule has 3 nitrogen and oxygen atoms in total. The number of halogens is 2. The van der Waals surface area contributed by atoms with Crippen molar-refractivity contribution in [3.63, 3.8) is 0 Å². The zero-order valence-corrected chi connectivity index (χ0v) is 11.6. The van der Waals surface area contributed by atoms with Gasteiger partial charge in [0, 0.05) is 5.69 Å². The largest absolute Gasteiger partial charge is 0.393 e. The maximum atomic E-state index is 13.0. The quantitative estimate of drug-likeness (QED) is 0.838. The molecule has 1 aromatic rings. The SMILES string of the molecule is CC(C)C(C(=O)Nc1ccc(F)c(Cl)c1)C(N)=S. The second-order valence-electron chi connectivity index (χ2n) is 4.24. The second-order valence-corrected chi connectivity index (χ2v) is 5.12. The van der Waals surface area contributed by atoms with Crippen molar-refractivity contribution in [3.8, 4) is 0 Å². The summed E-state index contributed by atoms with van der Waals surface area (Å²) < 4.78 is 13.0. The van der Waals surface area contributed by atoms with Crippen molar-refractivity contribution in [3.05, 3.63) is 29.0 Å². The average molecular weight is 289 g/mol. The summed E-state index contributed by atoms with van der Waals surface area (Å²) >= 11 is 10.5. The molecule has 1 aromatic carbocycles. The van der Waals surface area contributed by atoms with Crippen LogP contribution in [0.1, 0.15) is 13.8 Å². The standard InChI is InChI=1S/C12H14ClFN2OS/c1-6(2)10(11(15)18)12(17)16-7-3-4-9(14)8(13)5-7/h3-6,10H,1-2H3,(H2,15,18)(H,16,17). The lowest BCUT2D eigenvalue weighted by Crippen LogP contribution is -2.36. The molecule has 0 radical (unpaired) electrons. The van der Waals surface area contributed by atoms with Crippen molar-refractivity contribution in [2.24, 2.45) is 17.6 Å². The third kappa shape index (κ3) is 3.65.